The van der Waals surface area contributed by atoms with Crippen LogP contribution in [0.2, 0.25) is 0 Å². The summed E-state index contributed by atoms with van der Waals surface area (Å²) in [6, 6.07) is 15.7. The smallest absolute Gasteiger partial charge is 0.0834 e. The predicted octanol–water partition coefficient (Wildman–Crippen LogP) is 3.93. The van der Waals surface area contributed by atoms with Gasteiger partial charge in [-0.15, -0.1) is 0 Å². The standard InChI is InChI=1S/C19H25NO/c1-3-20-18(19(21-2)12-7-13-19)14-16-10-6-9-15-8-4-5-11-17(15)16/h4-6,8-11,18,20H,3,7,12-14H2,1-2H3. The molecular formula is C19H25NO. The van der Waals surface area contributed by atoms with Crippen LogP contribution in [0.3, 0.4) is 0 Å². The fourth-order valence-corrected chi connectivity index (χ4v) is 3.60. The summed E-state index contributed by atoms with van der Waals surface area (Å²) in [6.45, 7) is 3.17. The second-order valence-corrected chi connectivity index (χ2v) is 6.08. The van der Waals surface area contributed by atoms with Crippen LogP contribution in [0.25, 0.3) is 10.8 Å². The SMILES string of the molecule is CCNC(Cc1cccc2ccccc12)C1(OC)CCC1. The molecule has 0 aliphatic heterocycles. The molecule has 1 aliphatic rings. The second-order valence-electron chi connectivity index (χ2n) is 6.08. The molecule has 0 amide bonds. The van der Waals surface area contributed by atoms with Crippen molar-refractivity contribution in [3.05, 3.63) is 48.0 Å². The molecule has 3 rings (SSSR count). The zero-order valence-electron chi connectivity index (χ0n) is 13.1. The van der Waals surface area contributed by atoms with E-state index < -0.39 is 0 Å². The summed E-state index contributed by atoms with van der Waals surface area (Å²) in [4.78, 5) is 0. The molecule has 0 spiro atoms. The molecule has 1 N–H and O–H groups in total. The fourth-order valence-electron chi connectivity index (χ4n) is 3.60. The van der Waals surface area contributed by atoms with Gasteiger partial charge in [0.2, 0.25) is 0 Å². The highest BCUT2D eigenvalue weighted by molar-refractivity contribution is 5.85. The van der Waals surface area contributed by atoms with E-state index in [1.807, 2.05) is 7.11 Å². The molecule has 0 bridgehead atoms. The summed E-state index contributed by atoms with van der Waals surface area (Å²) in [5.74, 6) is 0. The Balaban J connectivity index is 1.91. The molecule has 112 valence electrons. The lowest BCUT2D eigenvalue weighted by atomic mass is 9.72. The molecule has 0 heterocycles. The van der Waals surface area contributed by atoms with Crippen molar-refractivity contribution >= 4 is 10.8 Å². The topological polar surface area (TPSA) is 21.3 Å². The van der Waals surface area contributed by atoms with Crippen molar-refractivity contribution in [3.63, 3.8) is 0 Å². The van der Waals surface area contributed by atoms with Gasteiger partial charge in [-0.2, -0.15) is 0 Å². The van der Waals surface area contributed by atoms with Crippen molar-refractivity contribution < 1.29 is 4.74 Å². The largest absolute Gasteiger partial charge is 0.377 e. The molecule has 2 aromatic carbocycles. The average molecular weight is 283 g/mol. The Morgan fingerprint density at radius 2 is 1.90 bits per heavy atom. The Kier molecular flexibility index (Phi) is 4.27. The molecule has 0 aromatic heterocycles. The number of rotatable bonds is 6. The van der Waals surface area contributed by atoms with Gasteiger partial charge in [-0.25, -0.2) is 0 Å². The molecule has 0 radical (unpaired) electrons. The van der Waals surface area contributed by atoms with E-state index in [4.69, 9.17) is 4.74 Å². The number of methoxy groups -OCH3 is 1. The van der Waals surface area contributed by atoms with Crippen LogP contribution in [-0.4, -0.2) is 25.3 Å². The average Bonchev–Trinajstić information content (AvgIpc) is 2.47. The summed E-state index contributed by atoms with van der Waals surface area (Å²) >= 11 is 0. The van der Waals surface area contributed by atoms with E-state index in [0.29, 0.717) is 6.04 Å². The van der Waals surface area contributed by atoms with Gasteiger partial charge in [0.1, 0.15) is 0 Å². The number of hydrogen-bond acceptors (Lipinski definition) is 2. The van der Waals surface area contributed by atoms with Gasteiger partial charge in [0.05, 0.1) is 5.60 Å². The van der Waals surface area contributed by atoms with Gasteiger partial charge in [-0.1, -0.05) is 49.4 Å². The predicted molar refractivity (Wildman–Crippen MR) is 88.7 cm³/mol. The van der Waals surface area contributed by atoms with Crippen molar-refractivity contribution in [1.82, 2.24) is 5.32 Å². The molecule has 21 heavy (non-hydrogen) atoms. The first-order chi connectivity index (χ1) is 10.3. The minimum atomic E-state index is 0.0347. The van der Waals surface area contributed by atoms with E-state index in [2.05, 4.69) is 54.7 Å². The minimum Gasteiger partial charge on any atom is -0.377 e. The van der Waals surface area contributed by atoms with Crippen LogP contribution in [0, 0.1) is 0 Å². The first-order valence-electron chi connectivity index (χ1n) is 8.04. The summed E-state index contributed by atoms with van der Waals surface area (Å²) in [7, 11) is 1.87. The second kappa shape index (κ2) is 6.17. The van der Waals surface area contributed by atoms with E-state index in [1.54, 1.807) is 0 Å². The van der Waals surface area contributed by atoms with E-state index in [1.165, 1.54) is 35.6 Å². The van der Waals surface area contributed by atoms with Crippen LogP contribution < -0.4 is 5.32 Å². The van der Waals surface area contributed by atoms with E-state index >= 15 is 0 Å². The Bertz CT molecular complexity index is 593. The maximum absolute atomic E-state index is 5.91. The molecule has 1 atom stereocenters. The number of ether oxygens (including phenoxy) is 1. The number of nitrogens with one attached hydrogen (secondary N) is 1. The quantitative estimate of drug-likeness (QED) is 0.867. The fraction of sp³-hybridized carbons (Fsp3) is 0.474. The molecular weight excluding hydrogens is 258 g/mol. The minimum absolute atomic E-state index is 0.0347. The maximum atomic E-state index is 5.91. The lowest BCUT2D eigenvalue weighted by Crippen LogP contribution is -2.57. The van der Waals surface area contributed by atoms with Crippen LogP contribution in [0.1, 0.15) is 31.7 Å². The van der Waals surface area contributed by atoms with Crippen molar-refractivity contribution in [3.8, 4) is 0 Å². The highest BCUT2D eigenvalue weighted by Crippen LogP contribution is 2.39. The molecule has 1 unspecified atom stereocenters. The van der Waals surface area contributed by atoms with Crippen molar-refractivity contribution in [2.75, 3.05) is 13.7 Å². The first-order valence-corrected chi connectivity index (χ1v) is 8.04. The Morgan fingerprint density at radius 3 is 2.57 bits per heavy atom. The third kappa shape index (κ3) is 2.70. The Labute approximate surface area is 127 Å². The molecule has 1 aliphatic carbocycles. The zero-order valence-corrected chi connectivity index (χ0v) is 13.1. The van der Waals surface area contributed by atoms with Gasteiger partial charge in [-0.3, -0.25) is 0 Å². The summed E-state index contributed by atoms with van der Waals surface area (Å²) in [5, 5.41) is 6.36. The lowest BCUT2D eigenvalue weighted by Gasteiger charge is -2.47. The van der Waals surface area contributed by atoms with Crippen LogP contribution in [0.4, 0.5) is 0 Å². The van der Waals surface area contributed by atoms with Gasteiger partial charge in [0.25, 0.3) is 0 Å². The van der Waals surface area contributed by atoms with Crippen LogP contribution in [-0.2, 0) is 11.2 Å². The zero-order chi connectivity index (χ0) is 14.7. The first kappa shape index (κ1) is 14.6. The summed E-state index contributed by atoms with van der Waals surface area (Å²) in [5.41, 5.74) is 1.45. The molecule has 2 aromatic rings. The van der Waals surface area contributed by atoms with Gasteiger partial charge in [0, 0.05) is 13.2 Å². The molecule has 1 fully saturated rings. The highest BCUT2D eigenvalue weighted by Gasteiger charge is 2.44. The molecule has 0 saturated heterocycles. The van der Waals surface area contributed by atoms with Gasteiger partial charge in [-0.05, 0) is 48.6 Å². The molecule has 1 saturated carbocycles. The van der Waals surface area contributed by atoms with E-state index in [9.17, 15) is 0 Å². The third-order valence-corrected chi connectivity index (χ3v) is 5.00. The summed E-state index contributed by atoms with van der Waals surface area (Å²) in [6.07, 6.45) is 4.66. The highest BCUT2D eigenvalue weighted by atomic mass is 16.5. The lowest BCUT2D eigenvalue weighted by molar-refractivity contribution is -0.0977. The van der Waals surface area contributed by atoms with Gasteiger partial charge in [0.15, 0.2) is 0 Å². The van der Waals surface area contributed by atoms with E-state index in [0.717, 1.165) is 13.0 Å². The number of likely N-dealkylation sites (N-methyl/N-ethyl adjacent to an activating group) is 1. The maximum Gasteiger partial charge on any atom is 0.0834 e. The summed E-state index contributed by atoms with van der Waals surface area (Å²) < 4.78 is 5.91. The monoisotopic (exact) mass is 283 g/mol. The van der Waals surface area contributed by atoms with Gasteiger partial charge < -0.3 is 10.1 Å². The van der Waals surface area contributed by atoms with Crippen LogP contribution >= 0.6 is 0 Å². The van der Waals surface area contributed by atoms with Crippen molar-refractivity contribution in [1.29, 1.82) is 0 Å². The Hall–Kier alpha value is -1.38. The van der Waals surface area contributed by atoms with E-state index in [-0.39, 0.29) is 5.60 Å². The number of fused-ring (bicyclic) bond motifs is 1. The Morgan fingerprint density at radius 1 is 1.14 bits per heavy atom. The molecule has 2 heteroatoms. The third-order valence-electron chi connectivity index (χ3n) is 5.00. The van der Waals surface area contributed by atoms with Crippen molar-refractivity contribution in [2.24, 2.45) is 0 Å². The number of benzene rings is 2. The molecule has 2 nitrogen and oxygen atoms in total. The van der Waals surface area contributed by atoms with Crippen LogP contribution in [0.15, 0.2) is 42.5 Å². The van der Waals surface area contributed by atoms with Gasteiger partial charge >= 0.3 is 0 Å². The number of hydrogen-bond donors (Lipinski definition) is 1. The normalized spacial score (nSPS) is 18.4. The van der Waals surface area contributed by atoms with Crippen molar-refractivity contribution in [2.45, 2.75) is 44.2 Å². The van der Waals surface area contributed by atoms with Crippen LogP contribution in [0.5, 0.6) is 0 Å².